The average molecular weight is 367 g/mol. The Morgan fingerprint density at radius 3 is 2.63 bits per heavy atom. The molecule has 5 heteroatoms. The lowest BCUT2D eigenvalue weighted by Crippen LogP contribution is -2.30. The number of nitrogens with one attached hydrogen (secondary N) is 1. The second-order valence-corrected chi connectivity index (χ2v) is 7.19. The quantitative estimate of drug-likeness (QED) is 0.602. The molecule has 1 fully saturated rings. The van der Waals surface area contributed by atoms with Gasteiger partial charge in [0, 0.05) is 5.69 Å². The van der Waals surface area contributed by atoms with E-state index < -0.39 is 0 Å². The van der Waals surface area contributed by atoms with Crippen molar-refractivity contribution < 1.29 is 4.74 Å². The lowest BCUT2D eigenvalue weighted by Gasteiger charge is -2.27. The van der Waals surface area contributed by atoms with Crippen molar-refractivity contribution in [3.8, 4) is 5.75 Å². The third-order valence-electron chi connectivity index (χ3n) is 5.27. The smallest absolute Gasteiger partial charge is 0.193 e. The van der Waals surface area contributed by atoms with Gasteiger partial charge < -0.3 is 15.8 Å². The fourth-order valence-corrected chi connectivity index (χ4v) is 3.53. The Hall–Kier alpha value is -2.53. The Bertz CT molecular complexity index is 797. The summed E-state index contributed by atoms with van der Waals surface area (Å²) in [5, 5.41) is 3.21. The van der Waals surface area contributed by atoms with Crippen LogP contribution in [0.2, 0.25) is 0 Å². The number of methoxy groups -OCH3 is 1. The van der Waals surface area contributed by atoms with E-state index in [1.54, 1.807) is 7.11 Å². The molecule has 1 saturated heterocycles. The van der Waals surface area contributed by atoms with Gasteiger partial charge in [-0.25, -0.2) is 0 Å². The topological polar surface area (TPSA) is 62.9 Å². The summed E-state index contributed by atoms with van der Waals surface area (Å²) in [6, 6.07) is 14.7. The molecule has 5 nitrogen and oxygen atoms in total. The van der Waals surface area contributed by atoms with Gasteiger partial charge in [-0.05, 0) is 80.7 Å². The third-order valence-corrected chi connectivity index (χ3v) is 5.27. The van der Waals surface area contributed by atoms with Gasteiger partial charge >= 0.3 is 0 Å². The molecule has 1 atom stereocenters. The van der Waals surface area contributed by atoms with Gasteiger partial charge in [-0.2, -0.15) is 0 Å². The van der Waals surface area contributed by atoms with Crippen LogP contribution in [-0.2, 0) is 0 Å². The Labute approximate surface area is 162 Å². The van der Waals surface area contributed by atoms with E-state index in [1.165, 1.54) is 29.5 Å². The number of nitrogens with two attached hydrogens (primary N) is 1. The highest BCUT2D eigenvalue weighted by atomic mass is 16.5. The second kappa shape index (κ2) is 8.91. The molecule has 2 aromatic carbocycles. The Balaban J connectivity index is 1.74. The van der Waals surface area contributed by atoms with Crippen molar-refractivity contribution in [1.29, 1.82) is 0 Å². The molecule has 3 N–H and O–H groups in total. The number of likely N-dealkylation sites (tertiary alicyclic amines) is 1. The van der Waals surface area contributed by atoms with Crippen molar-refractivity contribution in [3.05, 3.63) is 59.2 Å². The standard InChI is InChI=1S/C22H30N4O/c1-16-9-10-19(13-17(16)2)25-22(23)24-15-21(26-11-4-5-12-26)18-7-6-8-20(14-18)27-3/h6-10,13-14,21H,4-5,11-12,15H2,1-3H3,(H3,23,24,25). The fourth-order valence-electron chi connectivity index (χ4n) is 3.53. The van der Waals surface area contributed by atoms with Crippen molar-refractivity contribution in [2.24, 2.45) is 10.7 Å². The molecule has 0 aromatic heterocycles. The number of nitrogens with zero attached hydrogens (tertiary/aromatic N) is 2. The molecule has 1 aliphatic rings. The number of ether oxygens (including phenoxy) is 1. The first-order valence-corrected chi connectivity index (χ1v) is 9.59. The van der Waals surface area contributed by atoms with Crippen molar-refractivity contribution in [2.75, 3.05) is 32.1 Å². The van der Waals surface area contributed by atoms with E-state index in [9.17, 15) is 0 Å². The highest BCUT2D eigenvalue weighted by Gasteiger charge is 2.23. The summed E-state index contributed by atoms with van der Waals surface area (Å²) < 4.78 is 5.40. The Morgan fingerprint density at radius 2 is 1.93 bits per heavy atom. The fraction of sp³-hybridized carbons (Fsp3) is 0.409. The van der Waals surface area contributed by atoms with Gasteiger partial charge in [0.1, 0.15) is 5.75 Å². The maximum Gasteiger partial charge on any atom is 0.193 e. The van der Waals surface area contributed by atoms with Crippen LogP contribution in [-0.4, -0.2) is 37.6 Å². The van der Waals surface area contributed by atoms with E-state index in [0.29, 0.717) is 12.5 Å². The van der Waals surface area contributed by atoms with Crippen LogP contribution in [0.15, 0.2) is 47.5 Å². The van der Waals surface area contributed by atoms with Crippen LogP contribution in [0.5, 0.6) is 5.75 Å². The zero-order valence-corrected chi connectivity index (χ0v) is 16.5. The largest absolute Gasteiger partial charge is 0.497 e. The zero-order valence-electron chi connectivity index (χ0n) is 16.5. The molecule has 3 rings (SSSR count). The van der Waals surface area contributed by atoms with Gasteiger partial charge in [-0.3, -0.25) is 9.89 Å². The summed E-state index contributed by atoms with van der Waals surface area (Å²) in [7, 11) is 1.70. The molecule has 0 bridgehead atoms. The lowest BCUT2D eigenvalue weighted by molar-refractivity contribution is 0.251. The van der Waals surface area contributed by atoms with Gasteiger partial charge in [0.2, 0.25) is 0 Å². The first-order chi connectivity index (χ1) is 13.1. The summed E-state index contributed by atoms with van der Waals surface area (Å²) in [5.41, 5.74) is 10.9. The summed E-state index contributed by atoms with van der Waals surface area (Å²) >= 11 is 0. The third kappa shape index (κ3) is 5.01. The molecule has 1 heterocycles. The van der Waals surface area contributed by atoms with E-state index in [-0.39, 0.29) is 6.04 Å². The first-order valence-electron chi connectivity index (χ1n) is 9.59. The number of benzene rings is 2. The Morgan fingerprint density at radius 1 is 1.15 bits per heavy atom. The summed E-state index contributed by atoms with van der Waals surface area (Å²) in [6.07, 6.45) is 2.47. The highest BCUT2D eigenvalue weighted by Crippen LogP contribution is 2.28. The summed E-state index contributed by atoms with van der Waals surface area (Å²) in [4.78, 5) is 7.14. The van der Waals surface area contributed by atoms with E-state index >= 15 is 0 Å². The van der Waals surface area contributed by atoms with Crippen molar-refractivity contribution in [1.82, 2.24) is 4.90 Å². The number of rotatable bonds is 6. The minimum atomic E-state index is 0.211. The lowest BCUT2D eigenvalue weighted by atomic mass is 10.1. The van der Waals surface area contributed by atoms with Gasteiger partial charge in [0.25, 0.3) is 0 Å². The predicted octanol–water partition coefficient (Wildman–Crippen LogP) is 3.88. The maximum atomic E-state index is 6.17. The van der Waals surface area contributed by atoms with Crippen molar-refractivity contribution >= 4 is 11.6 Å². The highest BCUT2D eigenvalue weighted by molar-refractivity contribution is 5.92. The number of aliphatic imine (C=N–C) groups is 1. The van der Waals surface area contributed by atoms with Gasteiger partial charge in [-0.1, -0.05) is 18.2 Å². The zero-order chi connectivity index (χ0) is 19.2. The SMILES string of the molecule is COc1cccc(C(CN=C(N)Nc2ccc(C)c(C)c2)N2CCCC2)c1. The van der Waals surface area contributed by atoms with E-state index in [0.717, 1.165) is 24.5 Å². The molecule has 27 heavy (non-hydrogen) atoms. The van der Waals surface area contributed by atoms with E-state index in [4.69, 9.17) is 10.5 Å². The number of aryl methyl sites for hydroxylation is 2. The van der Waals surface area contributed by atoms with Crippen LogP contribution < -0.4 is 15.8 Å². The molecular formula is C22H30N4O. The van der Waals surface area contributed by atoms with Crippen LogP contribution in [0.25, 0.3) is 0 Å². The molecule has 1 aliphatic heterocycles. The number of hydrogen-bond acceptors (Lipinski definition) is 3. The van der Waals surface area contributed by atoms with Gasteiger partial charge in [-0.15, -0.1) is 0 Å². The van der Waals surface area contributed by atoms with Crippen LogP contribution >= 0.6 is 0 Å². The van der Waals surface area contributed by atoms with Gasteiger partial charge in [0.05, 0.1) is 19.7 Å². The number of guanidine groups is 1. The molecule has 0 saturated carbocycles. The van der Waals surface area contributed by atoms with Crippen LogP contribution in [0.3, 0.4) is 0 Å². The molecular weight excluding hydrogens is 336 g/mol. The molecule has 2 aromatic rings. The molecule has 144 valence electrons. The average Bonchev–Trinajstić information content (AvgIpc) is 3.19. The molecule has 0 radical (unpaired) electrons. The molecule has 0 amide bonds. The predicted molar refractivity (Wildman–Crippen MR) is 113 cm³/mol. The van der Waals surface area contributed by atoms with Crippen LogP contribution in [0.1, 0.15) is 35.6 Å². The van der Waals surface area contributed by atoms with Crippen LogP contribution in [0.4, 0.5) is 5.69 Å². The van der Waals surface area contributed by atoms with Crippen molar-refractivity contribution in [2.45, 2.75) is 32.7 Å². The van der Waals surface area contributed by atoms with Crippen LogP contribution in [0, 0.1) is 13.8 Å². The number of anilines is 1. The second-order valence-electron chi connectivity index (χ2n) is 7.19. The monoisotopic (exact) mass is 366 g/mol. The number of hydrogen-bond donors (Lipinski definition) is 2. The normalized spacial score (nSPS) is 16.3. The van der Waals surface area contributed by atoms with E-state index in [2.05, 4.69) is 53.3 Å². The minimum absolute atomic E-state index is 0.211. The summed E-state index contributed by atoms with van der Waals surface area (Å²) in [6.45, 7) is 7.02. The molecule has 1 unspecified atom stereocenters. The molecule has 0 spiro atoms. The minimum Gasteiger partial charge on any atom is -0.497 e. The molecule has 0 aliphatic carbocycles. The van der Waals surface area contributed by atoms with Gasteiger partial charge in [0.15, 0.2) is 5.96 Å². The van der Waals surface area contributed by atoms with E-state index in [1.807, 2.05) is 18.2 Å². The summed E-state index contributed by atoms with van der Waals surface area (Å²) in [5.74, 6) is 1.33. The van der Waals surface area contributed by atoms with Crippen molar-refractivity contribution in [3.63, 3.8) is 0 Å². The maximum absolute atomic E-state index is 6.17. The Kier molecular flexibility index (Phi) is 6.35. The first kappa shape index (κ1) is 19.2.